The molecule has 1 aliphatic carbocycles. The van der Waals surface area contributed by atoms with Crippen LogP contribution in [0, 0.1) is 11.3 Å². The second-order valence-electron chi connectivity index (χ2n) is 11.1. The number of aromatic nitrogens is 1. The average molecular weight is 463 g/mol. The van der Waals surface area contributed by atoms with Crippen LogP contribution < -0.4 is 0 Å². The van der Waals surface area contributed by atoms with Crippen molar-refractivity contribution < 1.29 is 18.0 Å². The highest BCUT2D eigenvalue weighted by molar-refractivity contribution is 5.87. The van der Waals surface area contributed by atoms with Crippen LogP contribution >= 0.6 is 0 Å². The summed E-state index contributed by atoms with van der Waals surface area (Å²) in [7, 11) is 0. The van der Waals surface area contributed by atoms with Crippen LogP contribution in [0.25, 0.3) is 0 Å². The van der Waals surface area contributed by atoms with Gasteiger partial charge in [0.25, 0.3) is 0 Å². The molecular weight excluding hydrogens is 429 g/mol. The number of halogens is 3. The molecule has 1 aromatic heterocycles. The molecule has 0 aromatic carbocycles. The van der Waals surface area contributed by atoms with Gasteiger partial charge in [0.1, 0.15) is 0 Å². The van der Waals surface area contributed by atoms with Gasteiger partial charge in [0.05, 0.1) is 11.0 Å². The molecule has 6 rings (SSSR count). The molecule has 5 heterocycles. The van der Waals surface area contributed by atoms with Crippen molar-refractivity contribution in [3.63, 3.8) is 0 Å². The summed E-state index contributed by atoms with van der Waals surface area (Å²) in [6.45, 7) is 7.01. The standard InChI is InChI=1S/C25H33F3N4O/c1-16-22-11-21-17(10-18(13-29-21)25(26,27)28)14-32(22)23(33)24(16)6-5-19(12-24)31-9-8-30-7-3-2-4-20(30)15-31/h10,13,16,19-20,22H,2-9,11-12,14-15H2,1H3/t16?,19?,20?,22?,24-/m0/s1. The van der Waals surface area contributed by atoms with E-state index in [1.165, 1.54) is 31.9 Å². The second kappa shape index (κ2) is 7.67. The average Bonchev–Trinajstić information content (AvgIpc) is 3.34. The summed E-state index contributed by atoms with van der Waals surface area (Å²) in [4.78, 5) is 25.1. The number of fused-ring (bicyclic) bond motifs is 3. The summed E-state index contributed by atoms with van der Waals surface area (Å²) in [5.41, 5.74) is 0.191. The molecule has 1 amide bonds. The maximum atomic E-state index is 13.8. The van der Waals surface area contributed by atoms with E-state index in [1.54, 1.807) is 0 Å². The maximum Gasteiger partial charge on any atom is 0.417 e. The fourth-order valence-corrected chi connectivity index (χ4v) is 7.62. The van der Waals surface area contributed by atoms with E-state index in [9.17, 15) is 18.0 Å². The lowest BCUT2D eigenvalue weighted by molar-refractivity contribution is -0.138. The highest BCUT2D eigenvalue weighted by Gasteiger charge is 2.61. The van der Waals surface area contributed by atoms with Gasteiger partial charge in [-0.05, 0) is 56.2 Å². The summed E-state index contributed by atoms with van der Waals surface area (Å²) < 4.78 is 39.6. The lowest BCUT2D eigenvalue weighted by Crippen LogP contribution is -2.57. The van der Waals surface area contributed by atoms with Gasteiger partial charge in [-0.15, -0.1) is 0 Å². The van der Waals surface area contributed by atoms with E-state index in [0.29, 0.717) is 24.1 Å². The Bertz CT molecular complexity index is 952. The predicted octanol–water partition coefficient (Wildman–Crippen LogP) is 3.71. The minimum Gasteiger partial charge on any atom is -0.334 e. The van der Waals surface area contributed by atoms with Crippen molar-refractivity contribution in [2.24, 2.45) is 11.3 Å². The van der Waals surface area contributed by atoms with Crippen LogP contribution in [0.1, 0.15) is 62.3 Å². The van der Waals surface area contributed by atoms with E-state index in [1.807, 2.05) is 4.90 Å². The van der Waals surface area contributed by atoms with Crippen molar-refractivity contribution >= 4 is 5.91 Å². The van der Waals surface area contributed by atoms with Crippen LogP contribution in [0.4, 0.5) is 13.2 Å². The maximum absolute atomic E-state index is 13.8. The number of nitrogens with zero attached hydrogens (tertiary/aromatic N) is 4. The second-order valence-corrected chi connectivity index (χ2v) is 11.1. The highest BCUT2D eigenvalue weighted by atomic mass is 19.4. The first-order chi connectivity index (χ1) is 15.8. The summed E-state index contributed by atoms with van der Waals surface area (Å²) in [5.74, 6) is 0.366. The Hall–Kier alpha value is -1.67. The van der Waals surface area contributed by atoms with Gasteiger partial charge in [0, 0.05) is 62.6 Å². The molecule has 0 bridgehead atoms. The van der Waals surface area contributed by atoms with Gasteiger partial charge < -0.3 is 4.90 Å². The van der Waals surface area contributed by atoms with Gasteiger partial charge >= 0.3 is 6.18 Å². The Labute approximate surface area is 193 Å². The first-order valence-corrected chi connectivity index (χ1v) is 12.6. The smallest absolute Gasteiger partial charge is 0.334 e. The molecule has 4 aliphatic heterocycles. The minimum atomic E-state index is -4.41. The van der Waals surface area contributed by atoms with Crippen LogP contribution in [-0.2, 0) is 23.9 Å². The number of piperidine rings is 1. The Morgan fingerprint density at radius 3 is 2.73 bits per heavy atom. The summed E-state index contributed by atoms with van der Waals surface area (Å²) in [6, 6.07) is 2.35. The number of hydrogen-bond acceptors (Lipinski definition) is 4. The van der Waals surface area contributed by atoms with E-state index in [-0.39, 0.29) is 29.8 Å². The lowest BCUT2D eigenvalue weighted by Gasteiger charge is -2.46. The van der Waals surface area contributed by atoms with Crippen LogP contribution in [0.5, 0.6) is 0 Å². The highest BCUT2D eigenvalue weighted by Crippen LogP contribution is 2.55. The number of rotatable bonds is 1. The SMILES string of the molecule is CC1C2Cc3ncc(C(F)(F)F)cc3CN2C(=O)[C@]12CCC(N1CCN3CCCCC3C1)C2. The van der Waals surface area contributed by atoms with Crippen molar-refractivity contribution in [2.75, 3.05) is 26.2 Å². The van der Waals surface area contributed by atoms with E-state index in [4.69, 9.17) is 0 Å². The third-order valence-corrected chi connectivity index (χ3v) is 9.57. The van der Waals surface area contributed by atoms with Gasteiger partial charge in [-0.3, -0.25) is 19.6 Å². The molecule has 1 aromatic rings. The number of piperazine rings is 1. The monoisotopic (exact) mass is 462 g/mol. The fraction of sp³-hybridized carbons (Fsp3) is 0.760. The predicted molar refractivity (Wildman–Crippen MR) is 117 cm³/mol. The molecule has 5 aliphatic rings. The fourth-order valence-electron chi connectivity index (χ4n) is 7.62. The molecule has 1 saturated carbocycles. The van der Waals surface area contributed by atoms with E-state index in [2.05, 4.69) is 21.7 Å². The van der Waals surface area contributed by atoms with Crippen molar-refractivity contribution in [2.45, 2.75) is 82.7 Å². The van der Waals surface area contributed by atoms with E-state index >= 15 is 0 Å². The third-order valence-electron chi connectivity index (χ3n) is 9.57. The van der Waals surface area contributed by atoms with Crippen molar-refractivity contribution in [1.29, 1.82) is 0 Å². The lowest BCUT2D eigenvalue weighted by atomic mass is 9.73. The first-order valence-electron chi connectivity index (χ1n) is 12.6. The molecule has 0 N–H and O–H groups in total. The van der Waals surface area contributed by atoms with Crippen molar-refractivity contribution in [3.8, 4) is 0 Å². The molecule has 180 valence electrons. The number of pyridine rings is 1. The zero-order valence-corrected chi connectivity index (χ0v) is 19.3. The summed E-state index contributed by atoms with van der Waals surface area (Å²) in [6.07, 6.45) is 3.85. The van der Waals surface area contributed by atoms with Crippen molar-refractivity contribution in [1.82, 2.24) is 19.7 Å². The largest absolute Gasteiger partial charge is 0.417 e. The molecule has 1 spiro atoms. The molecule has 3 saturated heterocycles. The van der Waals surface area contributed by atoms with Crippen LogP contribution in [-0.4, -0.2) is 69.9 Å². The summed E-state index contributed by atoms with van der Waals surface area (Å²) >= 11 is 0. The topological polar surface area (TPSA) is 39.7 Å². The van der Waals surface area contributed by atoms with Gasteiger partial charge in [-0.1, -0.05) is 13.3 Å². The van der Waals surface area contributed by atoms with Crippen molar-refractivity contribution in [3.05, 3.63) is 29.1 Å². The molecular formula is C25H33F3N4O. The zero-order valence-electron chi connectivity index (χ0n) is 19.3. The quantitative estimate of drug-likeness (QED) is 0.638. The van der Waals surface area contributed by atoms with Crippen LogP contribution in [0.15, 0.2) is 12.3 Å². The molecule has 5 nitrogen and oxygen atoms in total. The van der Waals surface area contributed by atoms with Crippen LogP contribution in [0.2, 0.25) is 0 Å². The third kappa shape index (κ3) is 3.42. The van der Waals surface area contributed by atoms with Gasteiger partial charge in [-0.2, -0.15) is 13.2 Å². The van der Waals surface area contributed by atoms with Gasteiger partial charge in [-0.25, -0.2) is 0 Å². The molecule has 8 heteroatoms. The van der Waals surface area contributed by atoms with Crippen LogP contribution in [0.3, 0.4) is 0 Å². The summed E-state index contributed by atoms with van der Waals surface area (Å²) in [5, 5.41) is 0. The number of hydrogen-bond donors (Lipinski definition) is 0. The Morgan fingerprint density at radius 2 is 1.91 bits per heavy atom. The Balaban J connectivity index is 1.20. The Morgan fingerprint density at radius 1 is 1.09 bits per heavy atom. The Kier molecular flexibility index (Phi) is 5.07. The van der Waals surface area contributed by atoms with Gasteiger partial charge in [0.2, 0.25) is 5.91 Å². The van der Waals surface area contributed by atoms with E-state index in [0.717, 1.165) is 50.8 Å². The molecule has 4 unspecified atom stereocenters. The number of alkyl halides is 3. The molecule has 0 radical (unpaired) electrons. The molecule has 5 atom stereocenters. The number of carbonyl (C=O) groups is 1. The van der Waals surface area contributed by atoms with Gasteiger partial charge in [0.15, 0.2) is 0 Å². The molecule has 33 heavy (non-hydrogen) atoms. The molecule has 4 fully saturated rings. The zero-order chi connectivity index (χ0) is 23.0. The first kappa shape index (κ1) is 21.8. The number of carbonyl (C=O) groups excluding carboxylic acids is 1. The normalized spacial score (nSPS) is 37.3. The minimum absolute atomic E-state index is 0.0446. The number of amides is 1. The van der Waals surface area contributed by atoms with E-state index < -0.39 is 11.7 Å².